The Bertz CT molecular complexity index is 392. The Hall–Kier alpha value is -1.06. The first-order chi connectivity index (χ1) is 9.36. The first-order valence-electron chi connectivity index (χ1n) is 7.39. The Morgan fingerprint density at radius 1 is 1.32 bits per heavy atom. The predicted octanol–water partition coefficient (Wildman–Crippen LogP) is 2.82. The summed E-state index contributed by atoms with van der Waals surface area (Å²) in [5.74, 6) is 1.06. The number of rotatable bonds is 7. The van der Waals surface area contributed by atoms with Crippen LogP contribution in [0.25, 0.3) is 0 Å². The van der Waals surface area contributed by atoms with E-state index in [0.29, 0.717) is 6.04 Å². The summed E-state index contributed by atoms with van der Waals surface area (Å²) in [5, 5.41) is 12.1. The van der Waals surface area contributed by atoms with Crippen LogP contribution in [0.5, 0.6) is 5.75 Å². The summed E-state index contributed by atoms with van der Waals surface area (Å²) in [4.78, 5) is 0. The molecule has 0 saturated carbocycles. The Balaban J connectivity index is 1.97. The zero-order chi connectivity index (χ0) is 13.5. The van der Waals surface area contributed by atoms with Gasteiger partial charge in [0.15, 0.2) is 0 Å². The minimum atomic E-state index is 0.282. The van der Waals surface area contributed by atoms with E-state index in [1.807, 2.05) is 7.05 Å². The van der Waals surface area contributed by atoms with Gasteiger partial charge in [-0.15, -0.1) is 0 Å². The van der Waals surface area contributed by atoms with E-state index >= 15 is 0 Å². The standard InChI is InChI=1S/C16H25NO2/c1-17-15-9-5-8-14-13(15)7-6-10-16(14)19-12-4-2-3-11-18/h6-7,10,15,17-18H,2-5,8-9,11-12H2,1H3. The molecule has 0 bridgehead atoms. The van der Waals surface area contributed by atoms with Gasteiger partial charge in [0.1, 0.15) is 5.75 Å². The quantitative estimate of drug-likeness (QED) is 0.743. The van der Waals surface area contributed by atoms with Crippen molar-refractivity contribution >= 4 is 0 Å². The van der Waals surface area contributed by atoms with Crippen molar-refractivity contribution in [3.63, 3.8) is 0 Å². The summed E-state index contributed by atoms with van der Waals surface area (Å²) in [7, 11) is 2.03. The predicted molar refractivity (Wildman–Crippen MR) is 77.6 cm³/mol. The van der Waals surface area contributed by atoms with E-state index in [1.54, 1.807) is 0 Å². The maximum Gasteiger partial charge on any atom is 0.122 e. The van der Waals surface area contributed by atoms with Gasteiger partial charge in [0.2, 0.25) is 0 Å². The summed E-state index contributed by atoms with van der Waals surface area (Å²) in [6.45, 7) is 1.03. The Kier molecular flexibility index (Phi) is 5.67. The maximum absolute atomic E-state index is 8.75. The van der Waals surface area contributed by atoms with Gasteiger partial charge in [0.25, 0.3) is 0 Å². The summed E-state index contributed by atoms with van der Waals surface area (Å²) < 4.78 is 5.93. The van der Waals surface area contributed by atoms with Crippen LogP contribution in [0.1, 0.15) is 49.3 Å². The number of aliphatic hydroxyl groups is 1. The number of nitrogens with one attached hydrogen (secondary N) is 1. The molecule has 2 rings (SSSR count). The third-order valence-electron chi connectivity index (χ3n) is 3.87. The molecule has 2 N–H and O–H groups in total. The van der Waals surface area contributed by atoms with Crippen LogP contribution in [-0.2, 0) is 6.42 Å². The second-order valence-corrected chi connectivity index (χ2v) is 5.19. The molecule has 106 valence electrons. The van der Waals surface area contributed by atoms with Gasteiger partial charge < -0.3 is 15.2 Å². The highest BCUT2D eigenvalue weighted by Gasteiger charge is 2.21. The number of fused-ring (bicyclic) bond motifs is 1. The summed E-state index contributed by atoms with van der Waals surface area (Å²) in [6, 6.07) is 6.87. The van der Waals surface area contributed by atoms with Gasteiger partial charge in [-0.1, -0.05) is 12.1 Å². The van der Waals surface area contributed by atoms with Gasteiger partial charge in [0, 0.05) is 12.6 Å². The molecule has 0 fully saturated rings. The minimum Gasteiger partial charge on any atom is -0.493 e. The number of hydrogen-bond acceptors (Lipinski definition) is 3. The molecule has 1 unspecified atom stereocenters. The second kappa shape index (κ2) is 7.51. The Morgan fingerprint density at radius 2 is 2.21 bits per heavy atom. The molecule has 1 aromatic carbocycles. The van der Waals surface area contributed by atoms with E-state index in [4.69, 9.17) is 9.84 Å². The molecule has 0 spiro atoms. The molecule has 0 heterocycles. The molecule has 1 aliphatic carbocycles. The lowest BCUT2D eigenvalue weighted by Crippen LogP contribution is -2.22. The van der Waals surface area contributed by atoms with E-state index in [1.165, 1.54) is 24.0 Å². The van der Waals surface area contributed by atoms with Crippen molar-refractivity contribution in [1.82, 2.24) is 5.32 Å². The zero-order valence-corrected chi connectivity index (χ0v) is 11.8. The van der Waals surface area contributed by atoms with Gasteiger partial charge in [-0.2, -0.15) is 0 Å². The molecule has 0 amide bonds. The van der Waals surface area contributed by atoms with Crippen LogP contribution in [0.3, 0.4) is 0 Å². The van der Waals surface area contributed by atoms with Gasteiger partial charge in [-0.05, 0) is 62.8 Å². The maximum atomic E-state index is 8.75. The highest BCUT2D eigenvalue weighted by Crippen LogP contribution is 2.35. The molecule has 0 saturated heterocycles. The molecule has 1 aromatic rings. The van der Waals surface area contributed by atoms with Gasteiger partial charge >= 0.3 is 0 Å². The first kappa shape index (κ1) is 14.4. The van der Waals surface area contributed by atoms with E-state index < -0.39 is 0 Å². The summed E-state index contributed by atoms with van der Waals surface area (Å²) >= 11 is 0. The van der Waals surface area contributed by atoms with E-state index in [9.17, 15) is 0 Å². The SMILES string of the molecule is CNC1CCCc2c(OCCCCCO)cccc21. The van der Waals surface area contributed by atoms with Gasteiger partial charge in [0.05, 0.1) is 6.61 Å². The Labute approximate surface area is 116 Å². The molecule has 3 nitrogen and oxygen atoms in total. The van der Waals surface area contributed by atoms with Crippen LogP contribution in [-0.4, -0.2) is 25.4 Å². The lowest BCUT2D eigenvalue weighted by atomic mass is 9.87. The lowest BCUT2D eigenvalue weighted by molar-refractivity contribution is 0.264. The van der Waals surface area contributed by atoms with Gasteiger partial charge in [-0.25, -0.2) is 0 Å². The normalized spacial score (nSPS) is 18.1. The topological polar surface area (TPSA) is 41.5 Å². The molecule has 0 radical (unpaired) electrons. The average Bonchev–Trinajstić information content (AvgIpc) is 2.46. The first-order valence-corrected chi connectivity index (χ1v) is 7.39. The molecule has 1 aliphatic rings. The smallest absolute Gasteiger partial charge is 0.122 e. The van der Waals surface area contributed by atoms with Crippen molar-refractivity contribution in [3.05, 3.63) is 29.3 Å². The van der Waals surface area contributed by atoms with Crippen LogP contribution in [0.4, 0.5) is 0 Å². The number of aliphatic hydroxyl groups excluding tert-OH is 1. The van der Waals surface area contributed by atoms with Crippen molar-refractivity contribution in [2.45, 2.75) is 44.6 Å². The molecular weight excluding hydrogens is 238 g/mol. The van der Waals surface area contributed by atoms with Crippen LogP contribution in [0.2, 0.25) is 0 Å². The minimum absolute atomic E-state index is 0.282. The molecule has 3 heteroatoms. The van der Waals surface area contributed by atoms with Crippen molar-refractivity contribution in [2.24, 2.45) is 0 Å². The fraction of sp³-hybridized carbons (Fsp3) is 0.625. The fourth-order valence-corrected chi connectivity index (χ4v) is 2.82. The number of ether oxygens (including phenoxy) is 1. The Morgan fingerprint density at radius 3 is 3.00 bits per heavy atom. The molecule has 19 heavy (non-hydrogen) atoms. The van der Waals surface area contributed by atoms with Crippen molar-refractivity contribution in [3.8, 4) is 5.75 Å². The monoisotopic (exact) mass is 263 g/mol. The zero-order valence-electron chi connectivity index (χ0n) is 11.8. The molecule has 0 aromatic heterocycles. The van der Waals surface area contributed by atoms with Crippen molar-refractivity contribution in [2.75, 3.05) is 20.3 Å². The van der Waals surface area contributed by atoms with E-state index in [0.717, 1.165) is 38.0 Å². The number of benzene rings is 1. The van der Waals surface area contributed by atoms with Gasteiger partial charge in [-0.3, -0.25) is 0 Å². The van der Waals surface area contributed by atoms with Crippen molar-refractivity contribution < 1.29 is 9.84 Å². The molecule has 1 atom stereocenters. The van der Waals surface area contributed by atoms with Crippen molar-refractivity contribution in [1.29, 1.82) is 0 Å². The third kappa shape index (κ3) is 3.71. The second-order valence-electron chi connectivity index (χ2n) is 5.19. The summed E-state index contributed by atoms with van der Waals surface area (Å²) in [5.41, 5.74) is 2.79. The highest BCUT2D eigenvalue weighted by molar-refractivity contribution is 5.43. The van der Waals surface area contributed by atoms with E-state index in [2.05, 4.69) is 23.5 Å². The fourth-order valence-electron chi connectivity index (χ4n) is 2.82. The van der Waals surface area contributed by atoms with Crippen LogP contribution < -0.4 is 10.1 Å². The van der Waals surface area contributed by atoms with E-state index in [-0.39, 0.29) is 6.61 Å². The number of unbranched alkanes of at least 4 members (excludes halogenated alkanes) is 2. The number of hydrogen-bond donors (Lipinski definition) is 2. The molecule has 0 aliphatic heterocycles. The van der Waals surface area contributed by atoms with Crippen LogP contribution >= 0.6 is 0 Å². The van der Waals surface area contributed by atoms with Crippen LogP contribution in [0.15, 0.2) is 18.2 Å². The average molecular weight is 263 g/mol. The van der Waals surface area contributed by atoms with Crippen LogP contribution in [0, 0.1) is 0 Å². The highest BCUT2D eigenvalue weighted by atomic mass is 16.5. The largest absolute Gasteiger partial charge is 0.493 e. The molecular formula is C16H25NO2. The lowest BCUT2D eigenvalue weighted by Gasteiger charge is -2.26. The third-order valence-corrected chi connectivity index (χ3v) is 3.87. The summed E-state index contributed by atoms with van der Waals surface area (Å²) in [6.07, 6.45) is 6.48.